The Balaban J connectivity index is 1.54. The number of anilines is 1. The summed E-state index contributed by atoms with van der Waals surface area (Å²) in [6.07, 6.45) is 4.71. The van der Waals surface area contributed by atoms with Crippen molar-refractivity contribution < 1.29 is 13.5 Å². The van der Waals surface area contributed by atoms with Crippen molar-refractivity contribution in [2.45, 2.75) is 37.1 Å². The molecule has 0 radical (unpaired) electrons. The first-order valence-electron chi connectivity index (χ1n) is 11.2. The number of aryl methyl sites for hydroxylation is 1. The highest BCUT2D eigenvalue weighted by Crippen LogP contribution is 2.27. The van der Waals surface area contributed by atoms with Crippen molar-refractivity contribution in [2.24, 2.45) is 0 Å². The van der Waals surface area contributed by atoms with Crippen LogP contribution in [0.15, 0.2) is 83.8 Å². The van der Waals surface area contributed by atoms with Crippen LogP contribution in [0.3, 0.4) is 0 Å². The smallest absolute Gasteiger partial charge is 0.264 e. The molecular weight excluding hydrogens is 420 g/mol. The van der Waals surface area contributed by atoms with E-state index in [4.69, 9.17) is 0 Å². The van der Waals surface area contributed by atoms with Gasteiger partial charge >= 0.3 is 0 Å². The molecule has 5 nitrogen and oxygen atoms in total. The quantitative estimate of drug-likeness (QED) is 0.508. The number of rotatable bonds is 9. The molecule has 0 bridgehead atoms. The van der Waals surface area contributed by atoms with E-state index >= 15 is 0 Å². The molecule has 0 spiro atoms. The Labute approximate surface area is 191 Å². The summed E-state index contributed by atoms with van der Waals surface area (Å²) in [4.78, 5) is 2.77. The fourth-order valence-electron chi connectivity index (χ4n) is 4.14. The SMILES string of the molecule is O=S(=O)(c1ccccc1)N(Cc1ccc(O)cc1)c1ccc(CCCN2CCCC2)cc1. The molecule has 0 atom stereocenters. The lowest BCUT2D eigenvalue weighted by Gasteiger charge is -2.25. The van der Waals surface area contributed by atoms with Crippen molar-refractivity contribution in [3.63, 3.8) is 0 Å². The van der Waals surface area contributed by atoms with Crippen molar-refractivity contribution in [2.75, 3.05) is 23.9 Å². The van der Waals surface area contributed by atoms with Crippen LogP contribution in [0.1, 0.15) is 30.4 Å². The largest absolute Gasteiger partial charge is 0.508 e. The molecule has 6 heteroatoms. The molecule has 32 heavy (non-hydrogen) atoms. The summed E-state index contributed by atoms with van der Waals surface area (Å²) in [5.41, 5.74) is 2.65. The standard InChI is InChI=1S/C26H30N2O3S/c29-25-16-12-23(13-17-25)21-28(32(30,31)26-8-2-1-3-9-26)24-14-10-22(11-15-24)7-6-20-27-18-4-5-19-27/h1-3,8-17,29H,4-7,18-21H2. The minimum Gasteiger partial charge on any atom is -0.508 e. The van der Waals surface area contributed by atoms with Gasteiger partial charge in [-0.25, -0.2) is 8.42 Å². The minimum atomic E-state index is -3.74. The van der Waals surface area contributed by atoms with Crippen LogP contribution < -0.4 is 4.31 Å². The fourth-order valence-corrected chi connectivity index (χ4v) is 5.62. The molecule has 1 heterocycles. The number of hydrogen-bond donors (Lipinski definition) is 1. The van der Waals surface area contributed by atoms with Gasteiger partial charge in [0, 0.05) is 0 Å². The summed E-state index contributed by atoms with van der Waals surface area (Å²) in [7, 11) is -3.74. The van der Waals surface area contributed by atoms with Crippen molar-refractivity contribution in [1.82, 2.24) is 4.90 Å². The molecular formula is C26H30N2O3S. The second-order valence-electron chi connectivity index (χ2n) is 8.31. The Kier molecular flexibility index (Phi) is 7.12. The van der Waals surface area contributed by atoms with E-state index in [9.17, 15) is 13.5 Å². The second-order valence-corrected chi connectivity index (χ2v) is 10.2. The molecule has 1 N–H and O–H groups in total. The molecule has 1 fully saturated rings. The van der Waals surface area contributed by atoms with Crippen LogP contribution in [0, 0.1) is 0 Å². The van der Waals surface area contributed by atoms with E-state index in [1.165, 1.54) is 35.8 Å². The number of likely N-dealkylation sites (tertiary alicyclic amines) is 1. The Morgan fingerprint density at radius 2 is 1.44 bits per heavy atom. The van der Waals surface area contributed by atoms with Gasteiger partial charge in [0.2, 0.25) is 0 Å². The maximum absolute atomic E-state index is 13.5. The number of benzene rings is 3. The summed E-state index contributed by atoms with van der Waals surface area (Å²) in [6.45, 7) is 3.73. The average molecular weight is 451 g/mol. The summed E-state index contributed by atoms with van der Waals surface area (Å²) in [5, 5.41) is 9.58. The Bertz CT molecular complexity index is 1090. The van der Waals surface area contributed by atoms with E-state index in [1.54, 1.807) is 54.6 Å². The third-order valence-corrected chi connectivity index (χ3v) is 7.74. The Hall–Kier alpha value is -2.83. The second kappa shape index (κ2) is 10.2. The molecule has 0 aliphatic carbocycles. The Morgan fingerprint density at radius 3 is 2.09 bits per heavy atom. The van der Waals surface area contributed by atoms with Gasteiger partial charge in [0.15, 0.2) is 0 Å². The maximum Gasteiger partial charge on any atom is 0.264 e. The van der Waals surface area contributed by atoms with Crippen LogP contribution in [-0.4, -0.2) is 38.1 Å². The van der Waals surface area contributed by atoms with Crippen molar-refractivity contribution >= 4 is 15.7 Å². The van der Waals surface area contributed by atoms with Crippen molar-refractivity contribution in [1.29, 1.82) is 0 Å². The van der Waals surface area contributed by atoms with Crippen molar-refractivity contribution in [3.05, 3.63) is 90.0 Å². The molecule has 0 amide bonds. The number of sulfonamides is 1. The van der Waals surface area contributed by atoms with Gasteiger partial charge in [-0.3, -0.25) is 4.31 Å². The lowest BCUT2D eigenvalue weighted by atomic mass is 10.1. The summed E-state index contributed by atoms with van der Waals surface area (Å²) in [5.74, 6) is 0.157. The number of phenols is 1. The van der Waals surface area contributed by atoms with Crippen LogP contribution in [0.5, 0.6) is 5.75 Å². The number of nitrogens with zero attached hydrogens (tertiary/aromatic N) is 2. The first kappa shape index (κ1) is 22.4. The molecule has 1 aliphatic heterocycles. The maximum atomic E-state index is 13.5. The predicted octanol–water partition coefficient (Wildman–Crippen LogP) is 4.82. The van der Waals surface area contributed by atoms with Crippen LogP contribution in [0.25, 0.3) is 0 Å². The lowest BCUT2D eigenvalue weighted by Crippen LogP contribution is -2.30. The van der Waals surface area contributed by atoms with E-state index in [1.807, 2.05) is 24.3 Å². The van der Waals surface area contributed by atoms with Gasteiger partial charge < -0.3 is 10.0 Å². The number of hydrogen-bond acceptors (Lipinski definition) is 4. The zero-order valence-electron chi connectivity index (χ0n) is 18.2. The van der Waals surface area contributed by atoms with E-state index in [0.29, 0.717) is 5.69 Å². The lowest BCUT2D eigenvalue weighted by molar-refractivity contribution is 0.334. The molecule has 0 saturated carbocycles. The van der Waals surface area contributed by atoms with Crippen LogP contribution >= 0.6 is 0 Å². The van der Waals surface area contributed by atoms with Gasteiger partial charge in [-0.15, -0.1) is 0 Å². The number of aromatic hydroxyl groups is 1. The normalized spacial score (nSPS) is 14.5. The van der Waals surface area contributed by atoms with Gasteiger partial charge in [-0.1, -0.05) is 42.5 Å². The third kappa shape index (κ3) is 5.50. The van der Waals surface area contributed by atoms with Crippen LogP contribution in [0.4, 0.5) is 5.69 Å². The van der Waals surface area contributed by atoms with Gasteiger partial charge in [0.1, 0.15) is 5.75 Å². The summed E-state index contributed by atoms with van der Waals surface area (Å²) >= 11 is 0. The minimum absolute atomic E-state index is 0.157. The van der Waals surface area contributed by atoms with Crippen LogP contribution in [0.2, 0.25) is 0 Å². The monoisotopic (exact) mass is 450 g/mol. The molecule has 1 saturated heterocycles. The average Bonchev–Trinajstić information content (AvgIpc) is 3.33. The van der Waals surface area contributed by atoms with Crippen molar-refractivity contribution in [3.8, 4) is 5.75 Å². The highest BCUT2D eigenvalue weighted by Gasteiger charge is 2.25. The van der Waals surface area contributed by atoms with E-state index in [-0.39, 0.29) is 17.2 Å². The summed E-state index contributed by atoms with van der Waals surface area (Å²) in [6, 6.07) is 23.0. The molecule has 0 unspecified atom stereocenters. The zero-order valence-corrected chi connectivity index (χ0v) is 19.0. The Morgan fingerprint density at radius 1 is 0.812 bits per heavy atom. The summed E-state index contributed by atoms with van der Waals surface area (Å²) < 4.78 is 28.4. The number of phenolic OH excluding ortho intramolecular Hbond substituents is 1. The first-order valence-corrected chi connectivity index (χ1v) is 12.6. The van der Waals surface area contributed by atoms with E-state index in [0.717, 1.165) is 24.9 Å². The van der Waals surface area contributed by atoms with Gasteiger partial charge in [0.25, 0.3) is 10.0 Å². The molecule has 4 rings (SSSR count). The zero-order chi connectivity index (χ0) is 22.4. The highest BCUT2D eigenvalue weighted by atomic mass is 32.2. The highest BCUT2D eigenvalue weighted by molar-refractivity contribution is 7.92. The molecule has 3 aromatic carbocycles. The molecule has 3 aromatic rings. The van der Waals surface area contributed by atoms with E-state index in [2.05, 4.69) is 4.90 Å². The third-order valence-electron chi connectivity index (χ3n) is 5.96. The topological polar surface area (TPSA) is 60.9 Å². The van der Waals surface area contributed by atoms with Crippen LogP contribution in [-0.2, 0) is 23.0 Å². The fraction of sp³-hybridized carbons (Fsp3) is 0.308. The van der Waals surface area contributed by atoms with Gasteiger partial charge in [-0.05, 0) is 92.8 Å². The predicted molar refractivity (Wildman–Crippen MR) is 128 cm³/mol. The molecule has 168 valence electrons. The molecule has 0 aromatic heterocycles. The van der Waals surface area contributed by atoms with Gasteiger partial charge in [0.05, 0.1) is 17.1 Å². The van der Waals surface area contributed by atoms with Gasteiger partial charge in [-0.2, -0.15) is 0 Å². The van der Waals surface area contributed by atoms with E-state index < -0.39 is 10.0 Å². The first-order chi connectivity index (χ1) is 15.5. The molecule has 1 aliphatic rings.